The largest absolute Gasteiger partial charge is 0.465 e. The number of amides is 1. The van der Waals surface area contributed by atoms with Gasteiger partial charge in [-0.25, -0.2) is 18.0 Å². The van der Waals surface area contributed by atoms with Crippen molar-refractivity contribution < 1.29 is 27.5 Å². The van der Waals surface area contributed by atoms with Crippen LogP contribution in [0.25, 0.3) is 0 Å². The highest BCUT2D eigenvalue weighted by Gasteiger charge is 2.26. The molecule has 9 heteroatoms. The summed E-state index contributed by atoms with van der Waals surface area (Å²) in [5, 5.41) is 2.87. The molecule has 0 radical (unpaired) electrons. The van der Waals surface area contributed by atoms with E-state index in [0.717, 1.165) is 6.26 Å². The average Bonchev–Trinajstić information content (AvgIpc) is 2.58. The Morgan fingerprint density at radius 2 is 1.79 bits per heavy atom. The van der Waals surface area contributed by atoms with Crippen LogP contribution in [0.1, 0.15) is 44.0 Å². The molecule has 1 aromatic rings. The van der Waals surface area contributed by atoms with Crippen molar-refractivity contribution in [2.24, 2.45) is 0 Å². The van der Waals surface area contributed by atoms with Gasteiger partial charge < -0.3 is 19.7 Å². The number of piperidine rings is 1. The van der Waals surface area contributed by atoms with Crippen LogP contribution in [0.2, 0.25) is 0 Å². The zero-order valence-corrected chi connectivity index (χ0v) is 17.8. The second-order valence-electron chi connectivity index (χ2n) is 7.85. The predicted octanol–water partition coefficient (Wildman–Crippen LogP) is 2.37. The molecule has 0 saturated carbocycles. The predicted molar refractivity (Wildman–Crippen MR) is 105 cm³/mol. The topological polar surface area (TPSA) is 102 Å². The molecule has 0 atom stereocenters. The molecule has 1 aromatic carbocycles. The minimum Gasteiger partial charge on any atom is -0.465 e. The van der Waals surface area contributed by atoms with Gasteiger partial charge in [-0.1, -0.05) is 0 Å². The third kappa shape index (κ3) is 5.85. The van der Waals surface area contributed by atoms with Crippen molar-refractivity contribution in [2.75, 3.05) is 31.4 Å². The number of nitrogens with one attached hydrogen (secondary N) is 1. The number of sulfone groups is 1. The van der Waals surface area contributed by atoms with Gasteiger partial charge in [0.2, 0.25) is 0 Å². The summed E-state index contributed by atoms with van der Waals surface area (Å²) >= 11 is 0. The zero-order valence-electron chi connectivity index (χ0n) is 16.9. The molecule has 1 heterocycles. The highest BCUT2D eigenvalue weighted by Crippen LogP contribution is 2.28. The Kier molecular flexibility index (Phi) is 6.59. The van der Waals surface area contributed by atoms with E-state index in [1.807, 2.05) is 25.7 Å². The van der Waals surface area contributed by atoms with Gasteiger partial charge in [0.15, 0.2) is 9.84 Å². The van der Waals surface area contributed by atoms with Crippen LogP contribution in [0.5, 0.6) is 0 Å². The number of ether oxygens (including phenoxy) is 2. The Morgan fingerprint density at radius 3 is 2.29 bits per heavy atom. The van der Waals surface area contributed by atoms with E-state index < -0.39 is 27.5 Å². The number of alkyl carbamates (subject to hydrolysis) is 1. The number of carbonyl (C=O) groups is 2. The highest BCUT2D eigenvalue weighted by molar-refractivity contribution is 7.90. The second-order valence-corrected chi connectivity index (χ2v) is 9.87. The Morgan fingerprint density at radius 1 is 1.18 bits per heavy atom. The van der Waals surface area contributed by atoms with Gasteiger partial charge in [0.1, 0.15) is 5.60 Å². The van der Waals surface area contributed by atoms with Gasteiger partial charge in [-0.15, -0.1) is 0 Å². The first-order valence-electron chi connectivity index (χ1n) is 9.07. The lowest BCUT2D eigenvalue weighted by Crippen LogP contribution is -2.46. The Labute approximate surface area is 166 Å². The van der Waals surface area contributed by atoms with E-state index in [1.54, 1.807) is 6.07 Å². The number of carbonyl (C=O) groups excluding carboxylic acids is 2. The summed E-state index contributed by atoms with van der Waals surface area (Å²) in [6, 6.07) is 4.44. The molecule has 0 aromatic heterocycles. The van der Waals surface area contributed by atoms with Gasteiger partial charge in [0.25, 0.3) is 0 Å². The Bertz CT molecular complexity index is 836. The molecular formula is C19H28N2O6S. The number of methoxy groups -OCH3 is 1. The molecule has 0 unspecified atom stereocenters. The number of hydrogen-bond acceptors (Lipinski definition) is 7. The molecular weight excluding hydrogens is 384 g/mol. The molecule has 0 bridgehead atoms. The molecule has 1 aliphatic rings. The van der Waals surface area contributed by atoms with Crippen LogP contribution in [0, 0.1) is 0 Å². The number of nitrogens with zero attached hydrogens (tertiary/aromatic N) is 1. The minimum atomic E-state index is -3.44. The van der Waals surface area contributed by atoms with Gasteiger partial charge in [-0.05, 0) is 51.8 Å². The molecule has 1 N–H and O–H groups in total. The number of rotatable bonds is 4. The monoisotopic (exact) mass is 412 g/mol. The number of hydrogen-bond donors (Lipinski definition) is 1. The summed E-state index contributed by atoms with van der Waals surface area (Å²) in [5.41, 5.74) is 0.278. The minimum absolute atomic E-state index is 0.0250. The van der Waals surface area contributed by atoms with Gasteiger partial charge in [0.05, 0.1) is 23.3 Å². The van der Waals surface area contributed by atoms with Gasteiger partial charge >= 0.3 is 12.1 Å². The van der Waals surface area contributed by atoms with E-state index in [0.29, 0.717) is 31.6 Å². The fourth-order valence-corrected chi connectivity index (χ4v) is 3.68. The van der Waals surface area contributed by atoms with E-state index >= 15 is 0 Å². The SMILES string of the molecule is COC(=O)c1cc(S(C)(=O)=O)ccc1N1CCC(NC(=O)OC(C)(C)C)CC1. The van der Waals surface area contributed by atoms with Crippen molar-refractivity contribution in [3.63, 3.8) is 0 Å². The van der Waals surface area contributed by atoms with Crippen LogP contribution >= 0.6 is 0 Å². The highest BCUT2D eigenvalue weighted by atomic mass is 32.2. The van der Waals surface area contributed by atoms with Gasteiger partial charge in [-0.2, -0.15) is 0 Å². The van der Waals surface area contributed by atoms with E-state index in [1.165, 1.54) is 19.2 Å². The summed E-state index contributed by atoms with van der Waals surface area (Å²) in [6.45, 7) is 6.63. The first kappa shape index (κ1) is 22.0. The summed E-state index contributed by atoms with van der Waals surface area (Å²) in [6.07, 6.45) is 2.00. The fraction of sp³-hybridized carbons (Fsp3) is 0.579. The lowest BCUT2D eigenvalue weighted by Gasteiger charge is -2.35. The molecule has 1 saturated heterocycles. The van der Waals surface area contributed by atoms with Crippen LogP contribution in [0.3, 0.4) is 0 Å². The summed E-state index contributed by atoms with van der Waals surface area (Å²) in [5.74, 6) is -0.588. The van der Waals surface area contributed by atoms with Crippen molar-refractivity contribution in [1.82, 2.24) is 5.32 Å². The standard InChI is InChI=1S/C19H28N2O6S/c1-19(2,3)27-18(23)20-13-8-10-21(11-9-13)16-7-6-14(28(5,24)25)12-15(16)17(22)26-4/h6-7,12-13H,8-11H2,1-5H3,(H,20,23). The maximum atomic E-state index is 12.2. The molecule has 8 nitrogen and oxygen atoms in total. The molecule has 2 rings (SSSR count). The maximum Gasteiger partial charge on any atom is 0.407 e. The number of benzene rings is 1. The average molecular weight is 413 g/mol. The summed E-state index contributed by atoms with van der Waals surface area (Å²) < 4.78 is 33.7. The molecule has 0 aliphatic carbocycles. The number of esters is 1. The van der Waals surface area contributed by atoms with Gasteiger partial charge in [-0.3, -0.25) is 0 Å². The van der Waals surface area contributed by atoms with E-state index in [9.17, 15) is 18.0 Å². The van der Waals surface area contributed by atoms with Crippen LogP contribution in [-0.4, -0.2) is 58.6 Å². The molecule has 156 valence electrons. The normalized spacial score (nSPS) is 15.8. The van der Waals surface area contributed by atoms with E-state index in [-0.39, 0.29) is 16.5 Å². The van der Waals surface area contributed by atoms with Crippen LogP contribution in [-0.2, 0) is 19.3 Å². The quantitative estimate of drug-likeness (QED) is 0.758. The lowest BCUT2D eigenvalue weighted by molar-refractivity contribution is 0.0496. The Hall–Kier alpha value is -2.29. The fourth-order valence-electron chi connectivity index (χ4n) is 3.03. The van der Waals surface area contributed by atoms with Crippen molar-refractivity contribution >= 4 is 27.6 Å². The first-order chi connectivity index (χ1) is 12.9. The molecule has 1 amide bonds. The Balaban J connectivity index is 2.11. The molecule has 28 heavy (non-hydrogen) atoms. The van der Waals surface area contributed by atoms with E-state index in [4.69, 9.17) is 9.47 Å². The summed E-state index contributed by atoms with van der Waals surface area (Å²) in [7, 11) is -2.18. The van der Waals surface area contributed by atoms with Crippen LogP contribution < -0.4 is 10.2 Å². The summed E-state index contributed by atoms with van der Waals surface area (Å²) in [4.78, 5) is 26.2. The third-order valence-electron chi connectivity index (χ3n) is 4.36. The van der Waals surface area contributed by atoms with Crippen molar-refractivity contribution in [1.29, 1.82) is 0 Å². The van der Waals surface area contributed by atoms with Gasteiger partial charge in [0, 0.05) is 25.4 Å². The van der Waals surface area contributed by atoms with Crippen molar-refractivity contribution in [2.45, 2.75) is 50.2 Å². The lowest BCUT2D eigenvalue weighted by atomic mass is 10.0. The number of anilines is 1. The van der Waals surface area contributed by atoms with Crippen LogP contribution in [0.4, 0.5) is 10.5 Å². The third-order valence-corrected chi connectivity index (χ3v) is 5.47. The van der Waals surface area contributed by atoms with Crippen LogP contribution in [0.15, 0.2) is 23.1 Å². The molecule has 0 spiro atoms. The second kappa shape index (κ2) is 8.38. The molecule has 1 aliphatic heterocycles. The maximum absolute atomic E-state index is 12.2. The first-order valence-corrected chi connectivity index (χ1v) is 11.0. The van der Waals surface area contributed by atoms with E-state index in [2.05, 4.69) is 5.32 Å². The smallest absolute Gasteiger partial charge is 0.407 e. The zero-order chi connectivity index (χ0) is 21.1. The van der Waals surface area contributed by atoms with Crippen molar-refractivity contribution in [3.05, 3.63) is 23.8 Å². The van der Waals surface area contributed by atoms with Crippen molar-refractivity contribution in [3.8, 4) is 0 Å². The molecule has 1 fully saturated rings.